The highest BCUT2D eigenvalue weighted by Crippen LogP contribution is 2.20. The van der Waals surface area contributed by atoms with Crippen LogP contribution < -0.4 is 0 Å². The summed E-state index contributed by atoms with van der Waals surface area (Å²) in [5.41, 5.74) is 0. The van der Waals surface area contributed by atoms with Crippen LogP contribution in [0.15, 0.2) is 0 Å². The van der Waals surface area contributed by atoms with E-state index in [9.17, 15) is 5.11 Å². The molecule has 1 N–H and O–H groups in total. The lowest BCUT2D eigenvalue weighted by Crippen LogP contribution is -2.42. The molecule has 0 aliphatic carbocycles. The molecule has 0 aromatic rings. The number of rotatable bonds is 13. The largest absolute Gasteiger partial charge is 0.364 e. The van der Waals surface area contributed by atoms with Gasteiger partial charge in [0, 0.05) is 14.7 Å². The number of quaternary nitrogens is 1. The van der Waals surface area contributed by atoms with Crippen LogP contribution in [0, 0.1) is 0 Å². The molecule has 0 aliphatic rings. The minimum Gasteiger partial charge on any atom is -0.364 e. The average Bonchev–Trinajstić information content (AvgIpc) is 2.31. The van der Waals surface area contributed by atoms with Gasteiger partial charge in [0.15, 0.2) is 0 Å². The van der Waals surface area contributed by atoms with Gasteiger partial charge >= 0.3 is 0 Å². The normalized spacial score (nSPS) is 14.4. The van der Waals surface area contributed by atoms with Crippen LogP contribution in [-0.4, -0.2) is 58.2 Å². The Labute approximate surface area is 134 Å². The molecule has 21 heavy (non-hydrogen) atoms. The first-order chi connectivity index (χ1) is 9.66. The molecular weight excluding hydrogens is 278 g/mol. The molecule has 0 amide bonds. The summed E-state index contributed by atoms with van der Waals surface area (Å²) in [5, 5.41) is 9.86. The third-order valence-electron chi connectivity index (χ3n) is 4.00. The summed E-state index contributed by atoms with van der Waals surface area (Å²) in [6.45, 7) is 8.54. The summed E-state index contributed by atoms with van der Waals surface area (Å²) in [6.07, 6.45) is 7.66. The summed E-state index contributed by atoms with van der Waals surface area (Å²) in [7, 11) is 5.08. The van der Waals surface area contributed by atoms with E-state index in [1.54, 1.807) is 0 Å². The molecule has 1 unspecified atom stereocenters. The summed E-state index contributed by atoms with van der Waals surface area (Å²) < 4.78 is 6.32. The van der Waals surface area contributed by atoms with Crippen LogP contribution in [0.3, 0.4) is 0 Å². The lowest BCUT2D eigenvalue weighted by molar-refractivity contribution is -0.876. The maximum atomic E-state index is 9.86. The number of likely N-dealkylation sites (N-methyl/N-ethyl adjacent to an activating group) is 1. The Hall–Kier alpha value is 0.0969. The Kier molecular flexibility index (Phi) is 10.8. The summed E-state index contributed by atoms with van der Waals surface area (Å²) >= 11 is 0. The van der Waals surface area contributed by atoms with Crippen molar-refractivity contribution in [2.45, 2.75) is 76.9 Å². The van der Waals surface area contributed by atoms with E-state index in [1.165, 1.54) is 44.6 Å². The van der Waals surface area contributed by atoms with E-state index in [4.69, 9.17) is 4.74 Å². The number of nitrogens with zero attached hydrogens (tertiary/aromatic N) is 1. The molecule has 0 aromatic carbocycles. The number of aliphatic hydroxyl groups excluding tert-OH is 1. The van der Waals surface area contributed by atoms with Crippen LogP contribution in [0.5, 0.6) is 0 Å². The van der Waals surface area contributed by atoms with Crippen molar-refractivity contribution in [1.82, 2.24) is 0 Å². The molecular formula is C17H40NO2Si+. The minimum atomic E-state index is -1.14. The topological polar surface area (TPSA) is 29.5 Å². The summed E-state index contributed by atoms with van der Waals surface area (Å²) in [6, 6.07) is 2.56. The SMILES string of the molecule is CCCCCCCC[Si](C)(C)CCOC(O)C[N+](C)(C)C. The molecule has 1 atom stereocenters. The van der Waals surface area contributed by atoms with Crippen molar-refractivity contribution in [2.24, 2.45) is 0 Å². The van der Waals surface area contributed by atoms with Gasteiger partial charge in [-0.2, -0.15) is 0 Å². The Morgan fingerprint density at radius 1 is 0.952 bits per heavy atom. The van der Waals surface area contributed by atoms with Gasteiger partial charge in [0.2, 0.25) is 6.29 Å². The zero-order valence-corrected chi connectivity index (χ0v) is 16.5. The zero-order valence-electron chi connectivity index (χ0n) is 15.5. The van der Waals surface area contributed by atoms with Crippen molar-refractivity contribution in [3.63, 3.8) is 0 Å². The number of unbranched alkanes of at least 4 members (excludes halogenated alkanes) is 5. The van der Waals surface area contributed by atoms with Crippen molar-refractivity contribution >= 4 is 8.07 Å². The first-order valence-corrected chi connectivity index (χ1v) is 12.2. The second-order valence-electron chi connectivity index (χ2n) is 8.23. The third-order valence-corrected chi connectivity index (χ3v) is 7.26. The molecule has 0 fully saturated rings. The van der Waals surface area contributed by atoms with Crippen molar-refractivity contribution in [3.05, 3.63) is 0 Å². The van der Waals surface area contributed by atoms with E-state index in [1.807, 2.05) is 0 Å². The second-order valence-corrected chi connectivity index (χ2v) is 13.6. The fourth-order valence-electron chi connectivity index (χ4n) is 2.50. The van der Waals surface area contributed by atoms with Crippen molar-refractivity contribution in [3.8, 4) is 0 Å². The molecule has 0 rings (SSSR count). The predicted molar refractivity (Wildman–Crippen MR) is 95.3 cm³/mol. The fourth-order valence-corrected chi connectivity index (χ4v) is 4.63. The molecule has 0 heterocycles. The smallest absolute Gasteiger partial charge is 0.205 e. The van der Waals surface area contributed by atoms with Crippen molar-refractivity contribution in [2.75, 3.05) is 34.3 Å². The summed E-state index contributed by atoms with van der Waals surface area (Å²) in [5.74, 6) is 0. The van der Waals surface area contributed by atoms with Gasteiger partial charge in [-0.3, -0.25) is 0 Å². The standard InChI is InChI=1S/C17H40NO2Si/c1-7-8-9-10-11-12-14-21(5,6)15-13-20-17(19)16-18(2,3)4/h17,19H,7-16H2,1-6H3/q+1. The zero-order chi connectivity index (χ0) is 16.4. The quantitative estimate of drug-likeness (QED) is 0.240. The molecule has 0 saturated heterocycles. The molecule has 0 aliphatic heterocycles. The van der Waals surface area contributed by atoms with E-state index in [2.05, 4.69) is 41.2 Å². The van der Waals surface area contributed by atoms with Gasteiger partial charge in [0.05, 0.1) is 21.1 Å². The fraction of sp³-hybridized carbons (Fsp3) is 1.00. The van der Waals surface area contributed by atoms with Gasteiger partial charge in [0.25, 0.3) is 0 Å². The maximum Gasteiger partial charge on any atom is 0.205 e. The van der Waals surface area contributed by atoms with E-state index in [-0.39, 0.29) is 0 Å². The van der Waals surface area contributed by atoms with E-state index in [0.29, 0.717) is 6.54 Å². The van der Waals surface area contributed by atoms with Crippen LogP contribution in [0.1, 0.15) is 45.4 Å². The van der Waals surface area contributed by atoms with Gasteiger partial charge < -0.3 is 14.3 Å². The van der Waals surface area contributed by atoms with Crippen LogP contribution >= 0.6 is 0 Å². The molecule has 128 valence electrons. The highest BCUT2D eigenvalue weighted by atomic mass is 28.3. The molecule has 0 saturated carbocycles. The van der Waals surface area contributed by atoms with E-state index >= 15 is 0 Å². The maximum absolute atomic E-state index is 9.86. The third kappa shape index (κ3) is 14.8. The number of aliphatic hydroxyl groups is 1. The molecule has 0 bridgehead atoms. The first-order valence-electron chi connectivity index (χ1n) is 8.76. The molecule has 3 nitrogen and oxygen atoms in total. The van der Waals surface area contributed by atoms with Gasteiger partial charge in [-0.15, -0.1) is 0 Å². The number of hydrogen-bond donors (Lipinski definition) is 1. The number of hydrogen-bond acceptors (Lipinski definition) is 2. The molecule has 0 radical (unpaired) electrons. The Morgan fingerprint density at radius 2 is 1.52 bits per heavy atom. The van der Waals surface area contributed by atoms with E-state index < -0.39 is 14.4 Å². The van der Waals surface area contributed by atoms with Crippen LogP contribution in [-0.2, 0) is 4.74 Å². The monoisotopic (exact) mass is 318 g/mol. The molecule has 0 aromatic heterocycles. The van der Waals surface area contributed by atoms with Crippen molar-refractivity contribution in [1.29, 1.82) is 0 Å². The summed E-state index contributed by atoms with van der Waals surface area (Å²) in [4.78, 5) is 0. The Balaban J connectivity index is 3.67. The van der Waals surface area contributed by atoms with Gasteiger partial charge in [0.1, 0.15) is 6.54 Å². The van der Waals surface area contributed by atoms with Crippen LogP contribution in [0.25, 0.3) is 0 Å². The lowest BCUT2D eigenvalue weighted by Gasteiger charge is -2.27. The molecule has 4 heteroatoms. The minimum absolute atomic E-state index is 0.621. The molecule has 0 spiro atoms. The van der Waals surface area contributed by atoms with Crippen molar-refractivity contribution < 1.29 is 14.3 Å². The Bertz CT molecular complexity index is 252. The van der Waals surface area contributed by atoms with Crippen LogP contribution in [0.4, 0.5) is 0 Å². The number of ether oxygens (including phenoxy) is 1. The van der Waals surface area contributed by atoms with Gasteiger partial charge in [-0.1, -0.05) is 64.6 Å². The van der Waals surface area contributed by atoms with Crippen LogP contribution in [0.2, 0.25) is 25.2 Å². The Morgan fingerprint density at radius 3 is 2.10 bits per heavy atom. The highest BCUT2D eigenvalue weighted by molar-refractivity contribution is 6.77. The predicted octanol–water partition coefficient (Wildman–Crippen LogP) is 4.10. The van der Waals surface area contributed by atoms with Gasteiger partial charge in [-0.05, 0) is 6.04 Å². The second kappa shape index (κ2) is 10.8. The lowest BCUT2D eigenvalue weighted by atomic mass is 10.1. The highest BCUT2D eigenvalue weighted by Gasteiger charge is 2.21. The van der Waals surface area contributed by atoms with Gasteiger partial charge in [-0.25, -0.2) is 0 Å². The average molecular weight is 319 g/mol. The van der Waals surface area contributed by atoms with E-state index in [0.717, 1.165) is 17.1 Å². The first kappa shape index (κ1) is 21.1.